The van der Waals surface area contributed by atoms with Crippen LogP contribution in [0.1, 0.15) is 213 Å². The number of carbonyl (C=O) groups is 1. The van der Waals surface area contributed by atoms with Crippen LogP contribution in [0.5, 0.6) is 0 Å². The number of carbonyl (C=O) groups excluding carboxylic acids is 1. The Bertz CT molecular complexity index is 1000. The van der Waals surface area contributed by atoms with E-state index in [1.165, 1.54) is 141 Å². The summed E-state index contributed by atoms with van der Waals surface area (Å²) in [6.45, 7) is 3.63. The molecule has 1 rings (SSSR count). The SMILES string of the molecule is CC/C=C/CC/C=C/CC/C=C/C(O)C(COC1OC(CO)C(O)C(O)C1O)NC(=O)CCCCCCCCCCCCCCCCCCCCCCCCCCC. The van der Waals surface area contributed by atoms with Crippen molar-refractivity contribution in [3.8, 4) is 0 Å². The van der Waals surface area contributed by atoms with Gasteiger partial charge in [-0.2, -0.15) is 0 Å². The van der Waals surface area contributed by atoms with Crippen molar-refractivity contribution in [2.45, 2.75) is 256 Å². The Labute approximate surface area is 355 Å². The van der Waals surface area contributed by atoms with Crippen LogP contribution in [0.25, 0.3) is 0 Å². The molecule has 1 fully saturated rings. The second-order valence-corrected chi connectivity index (χ2v) is 16.9. The molecule has 0 aliphatic carbocycles. The highest BCUT2D eigenvalue weighted by molar-refractivity contribution is 5.76. The fourth-order valence-electron chi connectivity index (χ4n) is 7.61. The van der Waals surface area contributed by atoms with Crippen LogP contribution >= 0.6 is 0 Å². The topological polar surface area (TPSA) is 149 Å². The number of ether oxygens (including phenoxy) is 2. The molecule has 0 spiro atoms. The van der Waals surface area contributed by atoms with Crippen LogP contribution in [-0.4, -0.2) is 87.5 Å². The molecule has 340 valence electrons. The van der Waals surface area contributed by atoms with Crippen LogP contribution in [0.2, 0.25) is 0 Å². The average Bonchev–Trinajstić information content (AvgIpc) is 3.22. The predicted octanol–water partition coefficient (Wildman–Crippen LogP) is 10.5. The zero-order valence-electron chi connectivity index (χ0n) is 37.3. The smallest absolute Gasteiger partial charge is 0.220 e. The Morgan fingerprint density at radius 1 is 0.586 bits per heavy atom. The third-order valence-corrected chi connectivity index (χ3v) is 11.5. The van der Waals surface area contributed by atoms with E-state index in [9.17, 15) is 30.3 Å². The number of allylic oxidation sites excluding steroid dienone is 5. The molecule has 0 saturated carbocycles. The van der Waals surface area contributed by atoms with Gasteiger partial charge in [0.15, 0.2) is 6.29 Å². The monoisotopic (exact) mass is 822 g/mol. The fraction of sp³-hybridized carbons (Fsp3) is 0.857. The van der Waals surface area contributed by atoms with Gasteiger partial charge < -0.3 is 40.3 Å². The van der Waals surface area contributed by atoms with Gasteiger partial charge in [-0.25, -0.2) is 0 Å². The van der Waals surface area contributed by atoms with Crippen LogP contribution < -0.4 is 5.32 Å². The Balaban J connectivity index is 2.20. The van der Waals surface area contributed by atoms with Crippen molar-refractivity contribution in [3.05, 3.63) is 36.5 Å². The van der Waals surface area contributed by atoms with Crippen LogP contribution in [0.4, 0.5) is 0 Å². The van der Waals surface area contributed by atoms with Crippen molar-refractivity contribution in [1.82, 2.24) is 5.32 Å². The van der Waals surface area contributed by atoms with Gasteiger partial charge in [-0.3, -0.25) is 4.79 Å². The lowest BCUT2D eigenvalue weighted by atomic mass is 9.99. The quantitative estimate of drug-likeness (QED) is 0.0264. The molecule has 0 aromatic carbocycles. The largest absolute Gasteiger partial charge is 0.394 e. The van der Waals surface area contributed by atoms with Gasteiger partial charge in [-0.15, -0.1) is 0 Å². The summed E-state index contributed by atoms with van der Waals surface area (Å²) in [5, 5.41) is 54.0. The lowest BCUT2D eigenvalue weighted by Gasteiger charge is -2.40. The maximum atomic E-state index is 12.9. The molecule has 6 N–H and O–H groups in total. The summed E-state index contributed by atoms with van der Waals surface area (Å²) in [5.74, 6) is -0.191. The van der Waals surface area contributed by atoms with E-state index >= 15 is 0 Å². The molecule has 0 bridgehead atoms. The first-order valence-electron chi connectivity index (χ1n) is 24.2. The van der Waals surface area contributed by atoms with Crippen LogP contribution in [0, 0.1) is 0 Å². The van der Waals surface area contributed by atoms with Crippen molar-refractivity contribution in [2.75, 3.05) is 13.2 Å². The van der Waals surface area contributed by atoms with Gasteiger partial charge in [0, 0.05) is 6.42 Å². The average molecular weight is 822 g/mol. The van der Waals surface area contributed by atoms with Gasteiger partial charge in [0.2, 0.25) is 5.91 Å². The highest BCUT2D eigenvalue weighted by atomic mass is 16.7. The Morgan fingerprint density at radius 2 is 1.00 bits per heavy atom. The van der Waals surface area contributed by atoms with Crippen molar-refractivity contribution in [3.63, 3.8) is 0 Å². The fourth-order valence-corrected chi connectivity index (χ4v) is 7.61. The number of hydrogen-bond acceptors (Lipinski definition) is 8. The third-order valence-electron chi connectivity index (χ3n) is 11.5. The number of unbranched alkanes of at least 4 members (excludes halogenated alkanes) is 26. The molecule has 1 aliphatic rings. The van der Waals surface area contributed by atoms with E-state index in [2.05, 4.69) is 43.5 Å². The standard InChI is InChI=1S/C49H91NO8/c1-3-5-7-9-11-13-15-16-17-18-19-20-21-22-23-24-25-26-27-28-29-31-33-35-37-39-45(53)50-42(41-57-49-48(56)47(55)46(54)44(40-51)58-49)43(52)38-36-34-32-30-14-12-10-8-6-4-2/h6,8,14,30,36,38,42-44,46-49,51-52,54-56H,3-5,7,9-13,15-29,31-35,37,39-41H2,1-2H3,(H,50,53)/b8-6+,30-14+,38-36+. The third kappa shape index (κ3) is 29.6. The molecule has 58 heavy (non-hydrogen) atoms. The molecular formula is C49H91NO8. The molecule has 1 saturated heterocycles. The Morgan fingerprint density at radius 3 is 1.43 bits per heavy atom. The zero-order valence-corrected chi connectivity index (χ0v) is 37.3. The first-order chi connectivity index (χ1) is 28.3. The zero-order chi connectivity index (χ0) is 42.3. The van der Waals surface area contributed by atoms with Gasteiger partial charge in [-0.1, -0.05) is 204 Å². The van der Waals surface area contributed by atoms with Crippen LogP contribution in [0.15, 0.2) is 36.5 Å². The number of aliphatic hydroxyl groups excluding tert-OH is 5. The molecule has 7 atom stereocenters. The summed E-state index contributed by atoms with van der Waals surface area (Å²) >= 11 is 0. The van der Waals surface area contributed by atoms with Gasteiger partial charge >= 0.3 is 0 Å². The van der Waals surface area contributed by atoms with E-state index < -0.39 is 49.5 Å². The van der Waals surface area contributed by atoms with Crippen LogP contribution in [0.3, 0.4) is 0 Å². The maximum Gasteiger partial charge on any atom is 0.220 e. The summed E-state index contributed by atoms with van der Waals surface area (Å²) < 4.78 is 11.2. The molecule has 0 aromatic rings. The highest BCUT2D eigenvalue weighted by Crippen LogP contribution is 2.23. The molecule has 9 heteroatoms. The second kappa shape index (κ2) is 39.5. The number of amides is 1. The van der Waals surface area contributed by atoms with E-state index in [0.717, 1.165) is 51.4 Å². The molecule has 0 aromatic heterocycles. The minimum absolute atomic E-state index is 0.191. The van der Waals surface area contributed by atoms with Crippen molar-refractivity contribution >= 4 is 5.91 Å². The summed E-state index contributed by atoms with van der Waals surface area (Å²) in [6.07, 6.45) is 42.2. The summed E-state index contributed by atoms with van der Waals surface area (Å²) in [5.41, 5.74) is 0. The van der Waals surface area contributed by atoms with Gasteiger partial charge in [0.1, 0.15) is 24.4 Å². The number of hydrogen-bond donors (Lipinski definition) is 6. The maximum absolute atomic E-state index is 12.9. The molecule has 1 amide bonds. The van der Waals surface area contributed by atoms with E-state index in [-0.39, 0.29) is 12.5 Å². The summed E-state index contributed by atoms with van der Waals surface area (Å²) in [4.78, 5) is 12.9. The molecule has 0 radical (unpaired) electrons. The molecule has 9 nitrogen and oxygen atoms in total. The van der Waals surface area contributed by atoms with E-state index in [4.69, 9.17) is 9.47 Å². The van der Waals surface area contributed by atoms with Gasteiger partial charge in [0.25, 0.3) is 0 Å². The molecule has 1 heterocycles. The lowest BCUT2D eigenvalue weighted by Crippen LogP contribution is -2.60. The van der Waals surface area contributed by atoms with Crippen molar-refractivity contribution < 1.29 is 39.8 Å². The molecule has 7 unspecified atom stereocenters. The molecular weight excluding hydrogens is 731 g/mol. The summed E-state index contributed by atoms with van der Waals surface area (Å²) in [7, 11) is 0. The second-order valence-electron chi connectivity index (χ2n) is 16.9. The van der Waals surface area contributed by atoms with E-state index in [1.54, 1.807) is 6.08 Å². The Kier molecular flexibility index (Phi) is 37.1. The molecule has 1 aliphatic heterocycles. The van der Waals surface area contributed by atoms with E-state index in [1.807, 2.05) is 6.08 Å². The summed E-state index contributed by atoms with van der Waals surface area (Å²) in [6, 6.07) is -0.823. The van der Waals surface area contributed by atoms with Gasteiger partial charge in [-0.05, 0) is 38.5 Å². The number of aliphatic hydroxyl groups is 5. The highest BCUT2D eigenvalue weighted by Gasteiger charge is 2.44. The predicted molar refractivity (Wildman–Crippen MR) is 240 cm³/mol. The first kappa shape index (κ1) is 54.4. The van der Waals surface area contributed by atoms with Gasteiger partial charge in [0.05, 0.1) is 25.4 Å². The lowest BCUT2D eigenvalue weighted by molar-refractivity contribution is -0.302. The number of nitrogens with one attached hydrogen (secondary N) is 1. The first-order valence-corrected chi connectivity index (χ1v) is 24.2. The van der Waals surface area contributed by atoms with E-state index in [0.29, 0.717) is 6.42 Å². The Hall–Kier alpha value is -1.59. The minimum Gasteiger partial charge on any atom is -0.394 e. The van der Waals surface area contributed by atoms with Crippen molar-refractivity contribution in [2.24, 2.45) is 0 Å². The van der Waals surface area contributed by atoms with Crippen LogP contribution in [-0.2, 0) is 14.3 Å². The number of rotatable bonds is 40. The minimum atomic E-state index is -1.57. The normalized spacial score (nSPS) is 21.1. The van der Waals surface area contributed by atoms with Crippen molar-refractivity contribution in [1.29, 1.82) is 0 Å².